The van der Waals surface area contributed by atoms with Crippen molar-refractivity contribution in [3.05, 3.63) is 56.8 Å². The molecular weight excluding hydrogens is 370 g/mol. The molecule has 0 radical (unpaired) electrons. The number of carbonyl (C=O) groups is 1. The standard InChI is InChI=1S/C16H11ClF2N4O3/c1-21-12-9(19)4-6-13(11(12)17)23(5-7(14(6)24)16(25)26)10-3-2-8(18)15(20)22-10/h2-5,21H,1H3,(H2,20,22)(H,25,26). The van der Waals surface area contributed by atoms with Gasteiger partial charge in [-0.1, -0.05) is 11.6 Å². The highest BCUT2D eigenvalue weighted by molar-refractivity contribution is 6.38. The molecule has 10 heteroatoms. The van der Waals surface area contributed by atoms with E-state index in [4.69, 9.17) is 17.3 Å². The van der Waals surface area contributed by atoms with Gasteiger partial charge < -0.3 is 16.2 Å². The van der Waals surface area contributed by atoms with Gasteiger partial charge in [0.15, 0.2) is 11.6 Å². The molecule has 2 heterocycles. The number of aromatic nitrogens is 2. The number of nitrogen functional groups attached to an aromatic ring is 1. The number of carboxylic acid groups (broad SMARTS) is 1. The first-order chi connectivity index (χ1) is 12.3. The van der Waals surface area contributed by atoms with Crippen molar-refractivity contribution < 1.29 is 18.7 Å². The second-order valence-corrected chi connectivity index (χ2v) is 5.66. The minimum atomic E-state index is -1.52. The molecule has 4 N–H and O–H groups in total. The topological polar surface area (TPSA) is 110 Å². The Kier molecular flexibility index (Phi) is 4.25. The quantitative estimate of drug-likeness (QED) is 0.644. The van der Waals surface area contributed by atoms with Gasteiger partial charge in [0.25, 0.3) is 0 Å². The van der Waals surface area contributed by atoms with Crippen molar-refractivity contribution >= 4 is 40.0 Å². The smallest absolute Gasteiger partial charge is 0.341 e. The molecule has 0 unspecified atom stereocenters. The Balaban J connectivity index is 2.54. The number of pyridine rings is 2. The number of anilines is 2. The summed E-state index contributed by atoms with van der Waals surface area (Å²) in [5.41, 5.74) is 3.83. The van der Waals surface area contributed by atoms with Gasteiger partial charge in [-0.15, -0.1) is 0 Å². The average molecular weight is 381 g/mol. The van der Waals surface area contributed by atoms with Crippen LogP contribution >= 0.6 is 11.6 Å². The third-order valence-corrected chi connectivity index (χ3v) is 4.13. The number of benzene rings is 1. The molecule has 0 aliphatic carbocycles. The Morgan fingerprint density at radius 3 is 2.62 bits per heavy atom. The van der Waals surface area contributed by atoms with Crippen molar-refractivity contribution in [1.29, 1.82) is 0 Å². The largest absolute Gasteiger partial charge is 0.477 e. The number of rotatable bonds is 3. The van der Waals surface area contributed by atoms with E-state index in [1.165, 1.54) is 13.1 Å². The Labute approximate surface area is 149 Å². The highest BCUT2D eigenvalue weighted by atomic mass is 35.5. The SMILES string of the molecule is CNc1c(F)cc2c(=O)c(C(=O)O)cn(-c3ccc(F)c(N)n3)c2c1Cl. The average Bonchev–Trinajstić information content (AvgIpc) is 2.58. The number of carboxylic acids is 1. The lowest BCUT2D eigenvalue weighted by atomic mass is 10.1. The van der Waals surface area contributed by atoms with Crippen molar-refractivity contribution in [3.63, 3.8) is 0 Å². The van der Waals surface area contributed by atoms with E-state index in [0.717, 1.165) is 22.9 Å². The van der Waals surface area contributed by atoms with Gasteiger partial charge in [-0.2, -0.15) is 0 Å². The molecule has 26 heavy (non-hydrogen) atoms. The fourth-order valence-electron chi connectivity index (χ4n) is 2.56. The van der Waals surface area contributed by atoms with Crippen LogP contribution in [0.4, 0.5) is 20.3 Å². The minimum Gasteiger partial charge on any atom is -0.477 e. The summed E-state index contributed by atoms with van der Waals surface area (Å²) in [5, 5.41) is 11.4. The zero-order valence-corrected chi connectivity index (χ0v) is 13.9. The van der Waals surface area contributed by atoms with E-state index in [1.54, 1.807) is 0 Å². The van der Waals surface area contributed by atoms with Gasteiger partial charge >= 0.3 is 5.97 Å². The molecule has 0 amide bonds. The molecule has 0 fully saturated rings. The monoisotopic (exact) mass is 380 g/mol. The highest BCUT2D eigenvalue weighted by Crippen LogP contribution is 2.33. The molecular formula is C16H11ClF2N4O3. The summed E-state index contributed by atoms with van der Waals surface area (Å²) in [6, 6.07) is 3.13. The summed E-state index contributed by atoms with van der Waals surface area (Å²) in [5.74, 6) is -3.55. The van der Waals surface area contributed by atoms with Gasteiger partial charge in [0.05, 0.1) is 21.6 Å². The maximum absolute atomic E-state index is 14.2. The zero-order valence-electron chi connectivity index (χ0n) is 13.2. The fraction of sp³-hybridized carbons (Fsp3) is 0.0625. The molecule has 2 aromatic heterocycles. The van der Waals surface area contributed by atoms with E-state index < -0.39 is 34.4 Å². The molecule has 7 nitrogen and oxygen atoms in total. The molecule has 0 saturated carbocycles. The van der Waals surface area contributed by atoms with Crippen molar-refractivity contribution in [2.24, 2.45) is 0 Å². The van der Waals surface area contributed by atoms with Gasteiger partial charge in [-0.3, -0.25) is 9.36 Å². The number of nitrogens with one attached hydrogen (secondary N) is 1. The van der Waals surface area contributed by atoms with E-state index in [0.29, 0.717) is 0 Å². The molecule has 0 bridgehead atoms. The number of hydrogen-bond acceptors (Lipinski definition) is 5. The van der Waals surface area contributed by atoms with Gasteiger partial charge in [0, 0.05) is 13.2 Å². The van der Waals surface area contributed by atoms with Crippen molar-refractivity contribution in [2.75, 3.05) is 18.1 Å². The molecule has 0 saturated heterocycles. The van der Waals surface area contributed by atoms with Crippen LogP contribution in [0.5, 0.6) is 0 Å². The number of hydrogen-bond donors (Lipinski definition) is 3. The molecule has 0 atom stereocenters. The Hall–Kier alpha value is -3.20. The van der Waals surface area contributed by atoms with Crippen LogP contribution in [0.25, 0.3) is 16.7 Å². The maximum atomic E-state index is 14.2. The van der Waals surface area contributed by atoms with E-state index in [-0.39, 0.29) is 27.4 Å². The molecule has 3 rings (SSSR count). The highest BCUT2D eigenvalue weighted by Gasteiger charge is 2.22. The summed E-state index contributed by atoms with van der Waals surface area (Å²) in [6.45, 7) is 0. The lowest BCUT2D eigenvalue weighted by molar-refractivity contribution is 0.0695. The van der Waals surface area contributed by atoms with Crippen LogP contribution in [0.3, 0.4) is 0 Å². The fourth-order valence-corrected chi connectivity index (χ4v) is 2.94. The van der Waals surface area contributed by atoms with Gasteiger partial charge in [-0.05, 0) is 18.2 Å². The van der Waals surface area contributed by atoms with Crippen LogP contribution in [0.2, 0.25) is 5.02 Å². The Bertz CT molecular complexity index is 1130. The van der Waals surface area contributed by atoms with Crippen LogP contribution in [-0.2, 0) is 0 Å². The molecule has 3 aromatic rings. The van der Waals surface area contributed by atoms with E-state index in [9.17, 15) is 23.5 Å². The van der Waals surface area contributed by atoms with Gasteiger partial charge in [0.1, 0.15) is 17.2 Å². The van der Waals surface area contributed by atoms with Crippen LogP contribution in [0, 0.1) is 11.6 Å². The maximum Gasteiger partial charge on any atom is 0.341 e. The normalized spacial score (nSPS) is 10.9. The second-order valence-electron chi connectivity index (χ2n) is 5.28. The second kappa shape index (κ2) is 6.26. The minimum absolute atomic E-state index is 0.00549. The molecule has 0 aliphatic rings. The van der Waals surface area contributed by atoms with E-state index >= 15 is 0 Å². The van der Waals surface area contributed by atoms with E-state index in [1.807, 2.05) is 0 Å². The molecule has 0 aliphatic heterocycles. The molecule has 0 spiro atoms. The number of aromatic carboxylic acids is 1. The van der Waals surface area contributed by atoms with Crippen LogP contribution < -0.4 is 16.5 Å². The van der Waals surface area contributed by atoms with Crippen molar-refractivity contribution in [3.8, 4) is 5.82 Å². The summed E-state index contributed by atoms with van der Waals surface area (Å²) < 4.78 is 28.8. The van der Waals surface area contributed by atoms with Crippen molar-refractivity contribution in [2.45, 2.75) is 0 Å². The Morgan fingerprint density at radius 1 is 1.35 bits per heavy atom. The third-order valence-electron chi connectivity index (χ3n) is 3.77. The van der Waals surface area contributed by atoms with E-state index in [2.05, 4.69) is 10.3 Å². The number of nitrogens with zero attached hydrogens (tertiary/aromatic N) is 2. The predicted molar refractivity (Wildman–Crippen MR) is 93.2 cm³/mol. The number of fused-ring (bicyclic) bond motifs is 1. The van der Waals surface area contributed by atoms with Crippen LogP contribution in [0.15, 0.2) is 29.2 Å². The predicted octanol–water partition coefficient (Wildman–Crippen LogP) is 2.64. The number of nitrogens with two attached hydrogens (primary N) is 1. The molecule has 1 aromatic carbocycles. The van der Waals surface area contributed by atoms with Gasteiger partial charge in [0.2, 0.25) is 5.43 Å². The summed E-state index contributed by atoms with van der Waals surface area (Å²) in [4.78, 5) is 27.7. The summed E-state index contributed by atoms with van der Waals surface area (Å²) in [6.07, 6.45) is 0.982. The first kappa shape index (κ1) is 17.6. The van der Waals surface area contributed by atoms with Crippen LogP contribution in [0.1, 0.15) is 10.4 Å². The van der Waals surface area contributed by atoms with Crippen molar-refractivity contribution in [1.82, 2.24) is 9.55 Å². The summed E-state index contributed by atoms with van der Waals surface area (Å²) >= 11 is 6.23. The summed E-state index contributed by atoms with van der Waals surface area (Å²) in [7, 11) is 1.43. The molecule has 134 valence electrons. The zero-order chi connectivity index (χ0) is 19.2. The lowest BCUT2D eigenvalue weighted by Gasteiger charge is -2.16. The Morgan fingerprint density at radius 2 is 2.04 bits per heavy atom. The first-order valence-corrected chi connectivity index (χ1v) is 7.54. The first-order valence-electron chi connectivity index (χ1n) is 7.17. The van der Waals surface area contributed by atoms with Gasteiger partial charge in [-0.25, -0.2) is 18.6 Å². The van der Waals surface area contributed by atoms with Crippen LogP contribution in [-0.4, -0.2) is 27.7 Å². The third kappa shape index (κ3) is 2.62. The lowest BCUT2D eigenvalue weighted by Crippen LogP contribution is -2.19. The number of halogens is 3.